The molecule has 4 heterocycles. The van der Waals surface area contributed by atoms with E-state index < -0.39 is 5.54 Å². The molecule has 7 rings (SSSR count). The minimum absolute atomic E-state index is 0.0102. The van der Waals surface area contributed by atoms with E-state index in [0.29, 0.717) is 12.1 Å². The van der Waals surface area contributed by atoms with E-state index in [-0.39, 0.29) is 12.1 Å². The molecule has 204 valence electrons. The van der Waals surface area contributed by atoms with Crippen LogP contribution >= 0.6 is 0 Å². The lowest BCUT2D eigenvalue weighted by atomic mass is 9.95. The Morgan fingerprint density at radius 3 is 2.56 bits per heavy atom. The number of ether oxygens (including phenoxy) is 1. The first-order valence-electron chi connectivity index (χ1n) is 14.4. The Labute approximate surface area is 231 Å². The Bertz CT molecular complexity index is 1420. The van der Waals surface area contributed by atoms with E-state index >= 15 is 0 Å². The lowest BCUT2D eigenvalue weighted by molar-refractivity contribution is 0.0930. The van der Waals surface area contributed by atoms with Crippen LogP contribution in [0.2, 0.25) is 0 Å². The van der Waals surface area contributed by atoms with Crippen LogP contribution in [-0.4, -0.2) is 42.3 Å². The molecule has 3 unspecified atom stereocenters. The minimum atomic E-state index is -0.400. The summed E-state index contributed by atoms with van der Waals surface area (Å²) < 4.78 is 5.97. The Balaban J connectivity index is 0.00000135. The second-order valence-corrected chi connectivity index (χ2v) is 11.1. The number of hydrogen-bond donors (Lipinski definition) is 3. The lowest BCUT2D eigenvalue weighted by Gasteiger charge is -2.35. The van der Waals surface area contributed by atoms with Gasteiger partial charge >= 0.3 is 0 Å². The molecule has 2 aromatic carbocycles. The number of anilines is 1. The molecule has 39 heavy (non-hydrogen) atoms. The Hall–Kier alpha value is -3.58. The number of piperazine rings is 1. The highest BCUT2D eigenvalue weighted by molar-refractivity contribution is 5.98. The summed E-state index contributed by atoms with van der Waals surface area (Å²) in [6.07, 6.45) is 7.95. The quantitative estimate of drug-likeness (QED) is 0.425. The van der Waals surface area contributed by atoms with Gasteiger partial charge < -0.3 is 25.6 Å². The highest BCUT2D eigenvalue weighted by Crippen LogP contribution is 2.49. The van der Waals surface area contributed by atoms with E-state index in [2.05, 4.69) is 62.2 Å². The first-order chi connectivity index (χ1) is 19.0. The van der Waals surface area contributed by atoms with E-state index in [4.69, 9.17) is 4.74 Å². The predicted octanol–water partition coefficient (Wildman–Crippen LogP) is 5.19. The average molecular weight is 526 g/mol. The number of pyridine rings is 1. The number of amides is 1. The summed E-state index contributed by atoms with van der Waals surface area (Å²) >= 11 is 0. The van der Waals surface area contributed by atoms with Gasteiger partial charge in [0.05, 0.1) is 11.1 Å². The fraction of sp³-hybridized carbons (Fsp3) is 0.438. The summed E-state index contributed by atoms with van der Waals surface area (Å²) in [7, 11) is 0. The maximum absolute atomic E-state index is 13.8. The van der Waals surface area contributed by atoms with Crippen LogP contribution in [0.5, 0.6) is 0 Å². The first-order valence-corrected chi connectivity index (χ1v) is 14.4. The maximum Gasteiger partial charge on any atom is 0.252 e. The molecule has 3 atom stereocenters. The maximum atomic E-state index is 13.8. The Kier molecular flexibility index (Phi) is 6.71. The number of aryl methyl sites for hydroxylation is 1. The van der Waals surface area contributed by atoms with Crippen molar-refractivity contribution in [3.8, 4) is 0 Å². The van der Waals surface area contributed by atoms with Crippen LogP contribution in [-0.2, 0) is 10.3 Å². The van der Waals surface area contributed by atoms with Crippen molar-refractivity contribution in [2.75, 3.05) is 18.0 Å². The van der Waals surface area contributed by atoms with Crippen molar-refractivity contribution in [1.82, 2.24) is 20.9 Å². The molecule has 0 spiro atoms. The SMILES string of the molecule is CC.Cc1ccc(N2CC3CCC(C2)N3)cc1C(=O)NC1(c2cc(C3=CNC(C)O3)cc3ncccc23)CC1. The molecule has 0 radical (unpaired) electrons. The molecule has 7 heteroatoms. The van der Waals surface area contributed by atoms with Crippen LogP contribution in [0.4, 0.5) is 5.69 Å². The van der Waals surface area contributed by atoms with Crippen molar-refractivity contribution < 1.29 is 9.53 Å². The van der Waals surface area contributed by atoms with Gasteiger partial charge in [-0.15, -0.1) is 0 Å². The molecule has 3 aromatic rings. The van der Waals surface area contributed by atoms with Crippen molar-refractivity contribution in [3.63, 3.8) is 0 Å². The zero-order chi connectivity index (χ0) is 27.1. The van der Waals surface area contributed by atoms with Gasteiger partial charge in [0, 0.05) is 59.8 Å². The van der Waals surface area contributed by atoms with E-state index in [9.17, 15) is 4.79 Å². The van der Waals surface area contributed by atoms with Gasteiger partial charge in [0.15, 0.2) is 6.23 Å². The van der Waals surface area contributed by atoms with Crippen LogP contribution in [0.25, 0.3) is 16.7 Å². The zero-order valence-corrected chi connectivity index (χ0v) is 23.4. The van der Waals surface area contributed by atoms with Crippen molar-refractivity contribution in [3.05, 3.63) is 77.1 Å². The molecule has 2 saturated heterocycles. The number of benzene rings is 2. The highest BCUT2D eigenvalue weighted by atomic mass is 16.5. The van der Waals surface area contributed by atoms with Crippen LogP contribution < -0.4 is 20.9 Å². The van der Waals surface area contributed by atoms with Gasteiger partial charge in [0.25, 0.3) is 5.91 Å². The van der Waals surface area contributed by atoms with Gasteiger partial charge in [-0.05, 0) is 81.0 Å². The number of rotatable bonds is 5. The van der Waals surface area contributed by atoms with E-state index in [0.717, 1.165) is 70.5 Å². The van der Waals surface area contributed by atoms with Gasteiger partial charge in [-0.1, -0.05) is 26.0 Å². The predicted molar refractivity (Wildman–Crippen MR) is 156 cm³/mol. The van der Waals surface area contributed by atoms with E-state index in [1.54, 1.807) is 0 Å². The third kappa shape index (κ3) is 4.84. The zero-order valence-electron chi connectivity index (χ0n) is 23.4. The second-order valence-electron chi connectivity index (χ2n) is 11.1. The molecule has 1 aliphatic carbocycles. The molecule has 3 fully saturated rings. The first kappa shape index (κ1) is 25.7. The molecular weight excluding hydrogens is 486 g/mol. The van der Waals surface area contributed by atoms with Crippen LogP contribution in [0.15, 0.2) is 54.9 Å². The van der Waals surface area contributed by atoms with Gasteiger partial charge in [-0.2, -0.15) is 0 Å². The van der Waals surface area contributed by atoms with E-state index in [1.165, 1.54) is 12.8 Å². The normalized spacial score (nSPS) is 24.3. The van der Waals surface area contributed by atoms with Gasteiger partial charge in [-0.25, -0.2) is 0 Å². The monoisotopic (exact) mass is 525 g/mol. The van der Waals surface area contributed by atoms with Crippen LogP contribution in [0, 0.1) is 6.92 Å². The molecule has 3 N–H and O–H groups in total. The number of hydrogen-bond acceptors (Lipinski definition) is 6. The summed E-state index contributed by atoms with van der Waals surface area (Å²) in [5, 5.41) is 11.4. The molecule has 1 saturated carbocycles. The summed E-state index contributed by atoms with van der Waals surface area (Å²) in [6, 6.07) is 15.8. The molecule has 1 amide bonds. The number of nitrogens with one attached hydrogen (secondary N) is 3. The highest BCUT2D eigenvalue weighted by Gasteiger charge is 2.47. The van der Waals surface area contributed by atoms with E-state index in [1.807, 2.05) is 46.2 Å². The Morgan fingerprint density at radius 2 is 1.87 bits per heavy atom. The molecule has 7 nitrogen and oxygen atoms in total. The Morgan fingerprint density at radius 1 is 1.10 bits per heavy atom. The number of carbonyl (C=O) groups is 1. The van der Waals surface area contributed by atoms with Gasteiger partial charge in [0.1, 0.15) is 5.76 Å². The summed E-state index contributed by atoms with van der Waals surface area (Å²) in [5.74, 6) is 0.793. The molecule has 1 aromatic heterocycles. The molecule has 2 bridgehead atoms. The standard InChI is InChI=1S/C30H33N5O2.C2H6/c1-18-5-8-23(35-16-21-6-7-22(17-35)33-21)14-25(18)29(36)34-30(9-10-30)26-12-20(28-15-32-19(2)37-28)13-27-24(26)4-3-11-31-27;1-2/h3-5,8,11-15,19,21-22,32-33H,6-7,9-10,16-17H2,1-2H3,(H,34,36);1-2H3. The van der Waals surface area contributed by atoms with Crippen LogP contribution in [0.3, 0.4) is 0 Å². The third-order valence-corrected chi connectivity index (χ3v) is 8.42. The van der Waals surface area contributed by atoms with Crippen LogP contribution in [0.1, 0.15) is 73.5 Å². The van der Waals surface area contributed by atoms with Crippen molar-refractivity contribution in [2.45, 2.75) is 77.2 Å². The largest absolute Gasteiger partial charge is 0.469 e. The molecule has 3 aliphatic heterocycles. The van der Waals surface area contributed by atoms with Crippen molar-refractivity contribution in [1.29, 1.82) is 0 Å². The summed E-state index contributed by atoms with van der Waals surface area (Å²) in [5.41, 5.74) is 5.49. The lowest BCUT2D eigenvalue weighted by Crippen LogP contribution is -2.51. The molecular formula is C32H39N5O2. The van der Waals surface area contributed by atoms with Crippen molar-refractivity contribution >= 4 is 28.3 Å². The number of aromatic nitrogens is 1. The third-order valence-electron chi connectivity index (χ3n) is 8.42. The number of nitrogens with zero attached hydrogens (tertiary/aromatic N) is 2. The average Bonchev–Trinajstić information content (AvgIpc) is 3.47. The fourth-order valence-corrected chi connectivity index (χ4v) is 6.25. The summed E-state index contributed by atoms with van der Waals surface area (Å²) in [6.45, 7) is 10.0. The van der Waals surface area contributed by atoms with Gasteiger partial charge in [0.2, 0.25) is 0 Å². The topological polar surface area (TPSA) is 78.5 Å². The fourth-order valence-electron chi connectivity index (χ4n) is 6.25. The number of carbonyl (C=O) groups excluding carboxylic acids is 1. The minimum Gasteiger partial charge on any atom is -0.469 e. The smallest absolute Gasteiger partial charge is 0.252 e. The van der Waals surface area contributed by atoms with Crippen molar-refractivity contribution in [2.24, 2.45) is 0 Å². The van der Waals surface area contributed by atoms with Gasteiger partial charge in [-0.3, -0.25) is 9.78 Å². The molecule has 4 aliphatic rings. The second kappa shape index (κ2) is 10.2. The summed E-state index contributed by atoms with van der Waals surface area (Å²) in [4.78, 5) is 20.9. The number of fused-ring (bicyclic) bond motifs is 3.